The van der Waals surface area contributed by atoms with Crippen molar-refractivity contribution in [3.8, 4) is 17.6 Å². The van der Waals surface area contributed by atoms with Gasteiger partial charge in [-0.2, -0.15) is 4.99 Å². The maximum atomic E-state index is 15.5. The smallest absolute Gasteiger partial charge is 0.410 e. The summed E-state index contributed by atoms with van der Waals surface area (Å²) >= 11 is 2.90. The van der Waals surface area contributed by atoms with Crippen molar-refractivity contribution in [3.05, 3.63) is 142 Å². The average molecular weight is 1370 g/mol. The molecule has 4 aromatic carbocycles. The molecule has 0 bridgehead atoms. The van der Waals surface area contributed by atoms with Crippen LogP contribution >= 0.6 is 30.3 Å². The predicted molar refractivity (Wildman–Crippen MR) is 377 cm³/mol. The Morgan fingerprint density at radius 1 is 0.839 bits per heavy atom. The number of hydrogen-bond acceptors (Lipinski definition) is 18. The van der Waals surface area contributed by atoms with E-state index in [1.165, 1.54) is 35.5 Å². The molecule has 0 aliphatic heterocycles. The predicted octanol–water partition coefficient (Wildman–Crippen LogP) is 14.0. The van der Waals surface area contributed by atoms with E-state index in [9.17, 15) is 14.2 Å². The molecule has 3 aromatic heterocycles. The molecular weight excluding hydrogens is 1270 g/mol. The number of anilines is 2. The lowest BCUT2D eigenvalue weighted by molar-refractivity contribution is 0.0320. The van der Waals surface area contributed by atoms with Crippen molar-refractivity contribution in [3.63, 3.8) is 0 Å². The summed E-state index contributed by atoms with van der Waals surface area (Å²) in [6.07, 6.45) is 1.24. The van der Waals surface area contributed by atoms with Crippen molar-refractivity contribution in [1.82, 2.24) is 29.5 Å². The highest BCUT2D eigenvalue weighted by Gasteiger charge is 2.51. The second kappa shape index (κ2) is 33.8. The summed E-state index contributed by atoms with van der Waals surface area (Å²) in [4.78, 5) is 43.2. The van der Waals surface area contributed by atoms with Crippen LogP contribution in [-0.2, 0) is 45.4 Å². The first-order valence-electron chi connectivity index (χ1n) is 31.8. The van der Waals surface area contributed by atoms with Crippen LogP contribution < -0.4 is 24.8 Å². The van der Waals surface area contributed by atoms with Gasteiger partial charge >= 0.3 is 19.7 Å². The van der Waals surface area contributed by atoms with Crippen molar-refractivity contribution < 1.29 is 51.0 Å². The van der Waals surface area contributed by atoms with Crippen LogP contribution in [0.5, 0.6) is 5.75 Å². The molecule has 0 aliphatic carbocycles. The lowest BCUT2D eigenvalue weighted by Gasteiger charge is -2.46. The minimum absolute atomic E-state index is 0.0484. The van der Waals surface area contributed by atoms with Crippen LogP contribution in [-0.4, -0.2) is 150 Å². The Hall–Kier alpha value is -6.43. The summed E-state index contributed by atoms with van der Waals surface area (Å²) < 4.78 is 74.9. The Morgan fingerprint density at radius 2 is 1.51 bits per heavy atom. The van der Waals surface area contributed by atoms with Crippen LogP contribution in [0.15, 0.2) is 114 Å². The zero-order valence-corrected chi connectivity index (χ0v) is 61.4. The number of para-hydroxylation sites is 1. The Bertz CT molecular complexity index is 3720. The van der Waals surface area contributed by atoms with E-state index in [1.54, 1.807) is 45.2 Å². The lowest BCUT2D eigenvalue weighted by Crippen LogP contribution is -2.68. The SMILES string of the molecule is CCOP(=O)(CCN(C)CC(CCCN(c1cc(C)c(N=c2sc3ccccc3n2COCC[Si](C)(C)C)nn1)c1nc(C(=O)OC)c(CCCOc2ccc(C#CCN(C)C(=O)OC(C)(C)C)cc2F)s1)O[Si](c1ccccc1)(c1ccccc1)C(C)(C)C)OCC. The third-order valence-corrected chi connectivity index (χ3v) is 26.2. The summed E-state index contributed by atoms with van der Waals surface area (Å²) in [5.74, 6) is 5.60. The van der Waals surface area contributed by atoms with Crippen molar-refractivity contribution >= 4 is 96.1 Å². The van der Waals surface area contributed by atoms with Gasteiger partial charge in [0.2, 0.25) is 0 Å². The molecule has 1 atom stereocenters. The van der Waals surface area contributed by atoms with Gasteiger partial charge in [0.05, 0.1) is 56.0 Å². The molecule has 502 valence electrons. The number of thiazole rings is 2. The van der Waals surface area contributed by atoms with E-state index in [4.69, 9.17) is 52.6 Å². The maximum Gasteiger partial charge on any atom is 0.410 e. The monoisotopic (exact) mass is 1360 g/mol. The number of nitrogens with zero attached hydrogens (tertiary/aromatic N) is 8. The number of aromatic nitrogens is 4. The zero-order chi connectivity index (χ0) is 67.6. The van der Waals surface area contributed by atoms with Crippen LogP contribution in [0.2, 0.25) is 30.7 Å². The van der Waals surface area contributed by atoms with Gasteiger partial charge in [-0.1, -0.05) is 136 Å². The number of aryl methyl sites for hydroxylation is 2. The molecule has 93 heavy (non-hydrogen) atoms. The first-order valence-corrected chi connectivity index (χ1v) is 40.8. The molecule has 7 rings (SSSR count). The van der Waals surface area contributed by atoms with Gasteiger partial charge in [0.1, 0.15) is 12.3 Å². The Morgan fingerprint density at radius 3 is 2.12 bits per heavy atom. The third kappa shape index (κ3) is 21.0. The standard InChI is InChI=1S/C69H94FN8O10PS2Si2/c1-16-85-89(81,86-17-2)45-42-75(10)49-53(88-93(69(7,8)9,54-31-20-18-21-32-54)55-33-22-19-23-34-55)30-27-41-77(61-47-51(3)63(74-73-61)72-66-78(50-83-44-46-92(13,14)15)57-35-24-25-36-59(57)90-66)65-71-62(64(79)82-12)60(91-65)37-28-43-84-58-39-38-52(48-56(58)70)29-26-40-76(11)67(80)87-68(4,5)6/h18-25,31-36,38-39,47-48,53H,16-17,27-28,30,37,40-46,49-50H2,1-15H3. The first kappa shape index (κ1) is 74.0. The number of halogens is 1. The van der Waals surface area contributed by atoms with Crippen molar-refractivity contribution in [2.45, 2.75) is 137 Å². The Balaban J connectivity index is 1.23. The average Bonchev–Trinajstić information content (AvgIpc) is 1.59. The molecule has 3 heterocycles. The van der Waals surface area contributed by atoms with Crippen molar-refractivity contribution in [2.24, 2.45) is 4.99 Å². The number of amides is 1. The van der Waals surface area contributed by atoms with E-state index in [0.717, 1.165) is 37.0 Å². The van der Waals surface area contributed by atoms with Gasteiger partial charge in [0, 0.05) is 51.8 Å². The molecule has 18 nitrogen and oxygen atoms in total. The van der Waals surface area contributed by atoms with E-state index in [0.29, 0.717) is 85.9 Å². The van der Waals surface area contributed by atoms with Gasteiger partial charge in [-0.25, -0.2) is 19.0 Å². The molecular formula is C69H94FN8O10PS2Si2. The van der Waals surface area contributed by atoms with E-state index in [-0.39, 0.29) is 55.1 Å². The number of carbonyl (C=O) groups is 2. The second-order valence-electron chi connectivity index (χ2n) is 26.1. The minimum atomic E-state index is -3.36. The van der Waals surface area contributed by atoms with Gasteiger partial charge in [-0.15, -0.1) is 21.5 Å². The fourth-order valence-electron chi connectivity index (χ4n) is 10.4. The fraction of sp³-hybridized carbons (Fsp3) is 0.478. The summed E-state index contributed by atoms with van der Waals surface area (Å²) in [5, 5.41) is 12.2. The summed E-state index contributed by atoms with van der Waals surface area (Å²) in [7, 11) is -2.89. The lowest BCUT2D eigenvalue weighted by atomic mass is 10.2. The number of esters is 1. The molecule has 0 saturated carbocycles. The fourth-order valence-corrected chi connectivity index (χ4v) is 19.7. The van der Waals surface area contributed by atoms with Crippen molar-refractivity contribution in [2.75, 3.05) is 84.9 Å². The summed E-state index contributed by atoms with van der Waals surface area (Å²) in [5.41, 5.74) is 1.70. The summed E-state index contributed by atoms with van der Waals surface area (Å²) in [6.45, 7) is 27.8. The summed E-state index contributed by atoms with van der Waals surface area (Å²) in [6, 6.07) is 36.8. The van der Waals surface area contributed by atoms with Crippen LogP contribution in [0.1, 0.15) is 101 Å². The number of benzene rings is 4. The number of carbonyl (C=O) groups excluding carboxylic acids is 2. The Labute approximate surface area is 559 Å². The van der Waals surface area contributed by atoms with Crippen LogP contribution in [0.25, 0.3) is 10.2 Å². The molecule has 1 amide bonds. The maximum absolute atomic E-state index is 15.5. The van der Waals surface area contributed by atoms with Crippen LogP contribution in [0, 0.1) is 24.6 Å². The number of methoxy groups -OCH3 is 1. The quantitative estimate of drug-likeness (QED) is 0.0128. The number of likely N-dealkylation sites (N-methyl/N-ethyl adjacent to an activating group) is 1. The number of fused-ring (bicyclic) bond motifs is 1. The highest BCUT2D eigenvalue weighted by molar-refractivity contribution is 7.53. The molecule has 24 heteroatoms. The Kier molecular flexibility index (Phi) is 26.9. The number of ether oxygens (including phenoxy) is 4. The second-order valence-corrected chi connectivity index (χ2v) is 40.2. The molecule has 0 N–H and O–H groups in total. The molecule has 0 radical (unpaired) electrons. The first-order chi connectivity index (χ1) is 44.2. The molecule has 0 spiro atoms. The van der Waals surface area contributed by atoms with E-state index >= 15 is 4.39 Å². The highest BCUT2D eigenvalue weighted by Crippen LogP contribution is 2.48. The van der Waals surface area contributed by atoms with Crippen LogP contribution in [0.4, 0.5) is 26.0 Å². The van der Waals surface area contributed by atoms with E-state index in [1.807, 2.05) is 63.1 Å². The highest BCUT2D eigenvalue weighted by atomic mass is 32.1. The van der Waals surface area contributed by atoms with E-state index < -0.39 is 47.5 Å². The molecule has 0 fully saturated rings. The largest absolute Gasteiger partial charge is 0.491 e. The van der Waals surface area contributed by atoms with Gasteiger partial charge in [0.25, 0.3) is 8.32 Å². The molecule has 1 unspecified atom stereocenters. The normalized spacial score (nSPS) is 12.8. The molecule has 0 aliphatic rings. The van der Waals surface area contributed by atoms with Crippen molar-refractivity contribution in [1.29, 1.82) is 0 Å². The molecule has 0 saturated heterocycles. The zero-order valence-electron chi connectivity index (χ0n) is 56.9. The number of rotatable bonds is 32. The molecule has 7 aromatic rings. The van der Waals surface area contributed by atoms with Gasteiger partial charge in [-0.05, 0) is 138 Å². The van der Waals surface area contributed by atoms with Gasteiger partial charge in [-0.3, -0.25) is 9.13 Å². The van der Waals surface area contributed by atoms with Gasteiger partial charge in [0.15, 0.2) is 38.8 Å². The van der Waals surface area contributed by atoms with E-state index in [2.05, 4.69) is 122 Å². The third-order valence-electron chi connectivity index (χ3n) is 15.1. The van der Waals surface area contributed by atoms with Crippen LogP contribution in [0.3, 0.4) is 0 Å². The topological polar surface area (TPSA) is 181 Å². The minimum Gasteiger partial charge on any atom is -0.491 e. The van der Waals surface area contributed by atoms with Gasteiger partial charge < -0.3 is 47.1 Å². The number of hydrogen-bond donors (Lipinski definition) is 0.